The molecule has 0 fully saturated rings. The van der Waals surface area contributed by atoms with Crippen LogP contribution in [0.15, 0.2) is 35.4 Å². The molecule has 0 saturated carbocycles. The Morgan fingerprint density at radius 3 is 2.30 bits per heavy atom. The van der Waals surface area contributed by atoms with Crippen molar-refractivity contribution < 1.29 is 14.7 Å². The van der Waals surface area contributed by atoms with Crippen LogP contribution in [0.2, 0.25) is 0 Å². The van der Waals surface area contributed by atoms with Crippen LogP contribution in [0.4, 0.5) is 0 Å². The summed E-state index contributed by atoms with van der Waals surface area (Å²) in [4.78, 5) is 26.4. The fourth-order valence-electron chi connectivity index (χ4n) is 3.73. The van der Waals surface area contributed by atoms with Gasteiger partial charge in [-0.2, -0.15) is 0 Å². The molecule has 1 heterocycles. The molecule has 1 aromatic rings. The molecular formula is C19H23NO3. The number of aliphatic carboxylic acids is 1. The summed E-state index contributed by atoms with van der Waals surface area (Å²) >= 11 is 0. The van der Waals surface area contributed by atoms with Crippen LogP contribution in [0.3, 0.4) is 0 Å². The van der Waals surface area contributed by atoms with Crippen LogP contribution in [0.5, 0.6) is 0 Å². The van der Waals surface area contributed by atoms with Gasteiger partial charge in [0.25, 0.3) is 0 Å². The van der Waals surface area contributed by atoms with Crippen molar-refractivity contribution in [1.82, 2.24) is 4.90 Å². The van der Waals surface area contributed by atoms with Gasteiger partial charge in [0.1, 0.15) is 0 Å². The van der Waals surface area contributed by atoms with E-state index in [1.165, 1.54) is 16.7 Å². The van der Waals surface area contributed by atoms with Gasteiger partial charge in [0.05, 0.1) is 11.8 Å². The summed E-state index contributed by atoms with van der Waals surface area (Å²) in [6.07, 6.45) is 1.90. The Morgan fingerprint density at radius 1 is 1.04 bits per heavy atom. The van der Waals surface area contributed by atoms with Crippen molar-refractivity contribution in [3.05, 3.63) is 46.5 Å². The van der Waals surface area contributed by atoms with E-state index in [1.54, 1.807) is 0 Å². The summed E-state index contributed by atoms with van der Waals surface area (Å²) in [7, 11) is 0. The highest BCUT2D eigenvalue weighted by molar-refractivity contribution is 5.86. The summed E-state index contributed by atoms with van der Waals surface area (Å²) < 4.78 is 0. The molecule has 1 N–H and O–H groups in total. The topological polar surface area (TPSA) is 57.6 Å². The van der Waals surface area contributed by atoms with E-state index < -0.39 is 17.8 Å². The number of carbonyl (C=O) groups is 2. The van der Waals surface area contributed by atoms with Gasteiger partial charge >= 0.3 is 5.97 Å². The van der Waals surface area contributed by atoms with E-state index in [9.17, 15) is 14.7 Å². The Morgan fingerprint density at radius 2 is 1.65 bits per heavy atom. The molecule has 122 valence electrons. The number of carboxylic acid groups (broad SMARTS) is 1. The number of hydrogen-bond acceptors (Lipinski definition) is 2. The van der Waals surface area contributed by atoms with Gasteiger partial charge in [-0.15, -0.1) is 0 Å². The molecule has 0 bridgehead atoms. The second-order valence-corrected chi connectivity index (χ2v) is 6.80. The van der Waals surface area contributed by atoms with Crippen LogP contribution in [0.1, 0.15) is 37.8 Å². The third kappa shape index (κ3) is 3.03. The summed E-state index contributed by atoms with van der Waals surface area (Å²) in [5, 5.41) is 9.52. The number of benzene rings is 1. The highest BCUT2D eigenvalue weighted by Crippen LogP contribution is 2.36. The van der Waals surface area contributed by atoms with Crippen LogP contribution >= 0.6 is 0 Å². The van der Waals surface area contributed by atoms with Gasteiger partial charge in [-0.3, -0.25) is 9.59 Å². The lowest BCUT2D eigenvalue weighted by molar-refractivity contribution is -0.151. The van der Waals surface area contributed by atoms with Crippen LogP contribution in [-0.4, -0.2) is 28.4 Å². The van der Waals surface area contributed by atoms with Crippen LogP contribution in [0, 0.1) is 11.8 Å². The smallest absolute Gasteiger partial charge is 0.307 e. The fourth-order valence-corrected chi connectivity index (χ4v) is 3.73. The SMILES string of the molecule is CC1=C(C)CC(C(=O)N2CCc3ccccc3C2)C(C(=O)O)C1. The van der Waals surface area contributed by atoms with E-state index in [4.69, 9.17) is 0 Å². The molecular weight excluding hydrogens is 290 g/mol. The molecule has 0 aromatic heterocycles. The predicted molar refractivity (Wildman–Crippen MR) is 87.8 cm³/mol. The van der Waals surface area contributed by atoms with Gasteiger partial charge in [0.2, 0.25) is 5.91 Å². The average molecular weight is 313 g/mol. The third-order valence-electron chi connectivity index (χ3n) is 5.34. The van der Waals surface area contributed by atoms with Crippen LogP contribution < -0.4 is 0 Å². The van der Waals surface area contributed by atoms with Gasteiger partial charge in [-0.1, -0.05) is 35.4 Å². The highest BCUT2D eigenvalue weighted by Gasteiger charge is 2.39. The second kappa shape index (κ2) is 6.19. The monoisotopic (exact) mass is 313 g/mol. The van der Waals surface area contributed by atoms with Crippen LogP contribution in [-0.2, 0) is 22.6 Å². The molecule has 1 aliphatic heterocycles. The Balaban J connectivity index is 1.81. The molecule has 3 rings (SSSR count). The Kier molecular flexibility index (Phi) is 4.24. The van der Waals surface area contributed by atoms with Crippen LogP contribution in [0.25, 0.3) is 0 Å². The number of fused-ring (bicyclic) bond motifs is 1. The Hall–Kier alpha value is -2.10. The zero-order valence-corrected chi connectivity index (χ0v) is 13.7. The van der Waals surface area contributed by atoms with E-state index in [1.807, 2.05) is 30.9 Å². The number of amides is 1. The first-order chi connectivity index (χ1) is 11.0. The molecule has 1 aliphatic carbocycles. The number of carboxylic acids is 1. The Bertz CT molecular complexity index is 677. The van der Waals surface area contributed by atoms with E-state index in [2.05, 4.69) is 12.1 Å². The first-order valence-corrected chi connectivity index (χ1v) is 8.21. The molecule has 1 aromatic carbocycles. The molecule has 2 aliphatic rings. The zero-order valence-electron chi connectivity index (χ0n) is 13.7. The standard InChI is InChI=1S/C19H23NO3/c1-12-9-16(17(19(22)23)10-13(12)2)18(21)20-8-7-14-5-3-4-6-15(14)11-20/h3-6,16-17H,7-11H2,1-2H3,(H,22,23). The minimum Gasteiger partial charge on any atom is -0.481 e. The minimum absolute atomic E-state index is 0.00115. The van der Waals surface area contributed by atoms with Crippen molar-refractivity contribution >= 4 is 11.9 Å². The van der Waals surface area contributed by atoms with Crippen molar-refractivity contribution in [3.8, 4) is 0 Å². The lowest BCUT2D eigenvalue weighted by atomic mass is 9.75. The van der Waals surface area contributed by atoms with E-state index in [0.29, 0.717) is 25.9 Å². The summed E-state index contributed by atoms with van der Waals surface area (Å²) in [5.74, 6) is -1.88. The fraction of sp³-hybridized carbons (Fsp3) is 0.474. The lowest BCUT2D eigenvalue weighted by Gasteiger charge is -2.36. The maximum Gasteiger partial charge on any atom is 0.307 e. The third-order valence-corrected chi connectivity index (χ3v) is 5.34. The molecule has 2 unspecified atom stereocenters. The van der Waals surface area contributed by atoms with Gasteiger partial charge in [0, 0.05) is 13.1 Å². The number of rotatable bonds is 2. The maximum atomic E-state index is 13.0. The molecule has 0 radical (unpaired) electrons. The molecule has 23 heavy (non-hydrogen) atoms. The number of nitrogens with zero attached hydrogens (tertiary/aromatic N) is 1. The lowest BCUT2D eigenvalue weighted by Crippen LogP contribution is -2.44. The molecule has 4 heteroatoms. The molecule has 0 saturated heterocycles. The van der Waals surface area contributed by atoms with E-state index in [0.717, 1.165) is 12.0 Å². The zero-order chi connectivity index (χ0) is 16.6. The first kappa shape index (κ1) is 15.8. The highest BCUT2D eigenvalue weighted by atomic mass is 16.4. The van der Waals surface area contributed by atoms with Gasteiger partial charge in [-0.05, 0) is 44.2 Å². The normalized spacial score (nSPS) is 24.3. The summed E-state index contributed by atoms with van der Waals surface area (Å²) in [6.45, 7) is 5.27. The van der Waals surface area contributed by atoms with E-state index >= 15 is 0 Å². The quantitative estimate of drug-likeness (QED) is 0.854. The van der Waals surface area contributed by atoms with Crippen molar-refractivity contribution in [3.63, 3.8) is 0 Å². The summed E-state index contributed by atoms with van der Waals surface area (Å²) in [6, 6.07) is 8.17. The first-order valence-electron chi connectivity index (χ1n) is 8.21. The van der Waals surface area contributed by atoms with Gasteiger partial charge < -0.3 is 10.0 Å². The number of carbonyl (C=O) groups excluding carboxylic acids is 1. The van der Waals surface area contributed by atoms with Crippen molar-refractivity contribution in [2.24, 2.45) is 11.8 Å². The largest absolute Gasteiger partial charge is 0.481 e. The molecule has 4 nitrogen and oxygen atoms in total. The van der Waals surface area contributed by atoms with Crippen molar-refractivity contribution in [1.29, 1.82) is 0 Å². The minimum atomic E-state index is -0.854. The van der Waals surface area contributed by atoms with E-state index in [-0.39, 0.29) is 5.91 Å². The van der Waals surface area contributed by atoms with Crippen molar-refractivity contribution in [2.45, 2.75) is 39.7 Å². The maximum absolute atomic E-state index is 13.0. The second-order valence-electron chi connectivity index (χ2n) is 6.80. The molecule has 2 atom stereocenters. The van der Waals surface area contributed by atoms with Crippen molar-refractivity contribution in [2.75, 3.05) is 6.54 Å². The molecule has 0 spiro atoms. The van der Waals surface area contributed by atoms with Gasteiger partial charge in [0.15, 0.2) is 0 Å². The Labute approximate surface area is 136 Å². The van der Waals surface area contributed by atoms with Gasteiger partial charge in [-0.25, -0.2) is 0 Å². The average Bonchev–Trinajstić information content (AvgIpc) is 2.55. The summed E-state index contributed by atoms with van der Waals surface area (Å²) in [5.41, 5.74) is 4.75. The molecule has 1 amide bonds. The number of allylic oxidation sites excluding steroid dienone is 2. The number of hydrogen-bond donors (Lipinski definition) is 1. The predicted octanol–water partition coefficient (Wildman–Crippen LogP) is 3.02.